The maximum absolute atomic E-state index is 11.9. The van der Waals surface area contributed by atoms with E-state index in [9.17, 15) is 8.42 Å². The van der Waals surface area contributed by atoms with Crippen LogP contribution < -0.4 is 0 Å². The van der Waals surface area contributed by atoms with Gasteiger partial charge in [0.25, 0.3) is 0 Å². The number of hydrogen-bond acceptors (Lipinski definition) is 2. The van der Waals surface area contributed by atoms with E-state index in [0.29, 0.717) is 10.8 Å². The minimum absolute atomic E-state index is 0.375. The number of allylic oxidation sites excluding steroid dienone is 1. The van der Waals surface area contributed by atoms with E-state index in [1.54, 1.807) is 26.0 Å². The van der Waals surface area contributed by atoms with Crippen LogP contribution in [-0.4, -0.2) is 13.7 Å². The van der Waals surface area contributed by atoms with Crippen molar-refractivity contribution in [2.24, 2.45) is 5.92 Å². The summed E-state index contributed by atoms with van der Waals surface area (Å²) in [5, 5.41) is -0.375. The van der Waals surface area contributed by atoms with Gasteiger partial charge in [0.05, 0.1) is 10.1 Å². The van der Waals surface area contributed by atoms with Crippen LogP contribution in [0, 0.1) is 5.92 Å². The topological polar surface area (TPSA) is 34.1 Å². The molecule has 0 N–H and O–H groups in total. The molecule has 17 heavy (non-hydrogen) atoms. The minimum atomic E-state index is -3.15. The molecule has 1 rings (SSSR count). The largest absolute Gasteiger partial charge is 0.223 e. The molecule has 1 aromatic rings. The molecule has 0 saturated carbocycles. The lowest BCUT2D eigenvalue weighted by Crippen LogP contribution is -2.13. The summed E-state index contributed by atoms with van der Waals surface area (Å²) in [6.45, 7) is 9.22. The van der Waals surface area contributed by atoms with Gasteiger partial charge < -0.3 is 0 Å². The van der Waals surface area contributed by atoms with E-state index >= 15 is 0 Å². The van der Waals surface area contributed by atoms with Gasteiger partial charge >= 0.3 is 0 Å². The van der Waals surface area contributed by atoms with Crippen LogP contribution in [0.3, 0.4) is 0 Å². The number of rotatable bonds is 5. The van der Waals surface area contributed by atoms with Crippen molar-refractivity contribution in [1.82, 2.24) is 0 Å². The van der Waals surface area contributed by atoms with Gasteiger partial charge in [-0.3, -0.25) is 0 Å². The predicted octanol–water partition coefficient (Wildman–Crippen LogP) is 3.23. The molecular formula is C14H20O2S. The fourth-order valence-electron chi connectivity index (χ4n) is 1.54. The molecule has 1 aromatic carbocycles. The maximum atomic E-state index is 11.9. The van der Waals surface area contributed by atoms with Gasteiger partial charge in [0.2, 0.25) is 0 Å². The second-order valence-corrected chi connectivity index (χ2v) is 7.16. The summed E-state index contributed by atoms with van der Waals surface area (Å²) in [6, 6.07) is 7.16. The Hall–Kier alpha value is -1.09. The Labute approximate surface area is 104 Å². The van der Waals surface area contributed by atoms with Crippen LogP contribution in [-0.2, 0) is 16.3 Å². The normalized spacial score (nSPS) is 13.6. The molecule has 0 saturated heterocycles. The smallest absolute Gasteiger partial charge is 0.180 e. The van der Waals surface area contributed by atoms with E-state index in [-0.39, 0.29) is 5.25 Å². The highest BCUT2D eigenvalue weighted by atomic mass is 32.2. The van der Waals surface area contributed by atoms with Gasteiger partial charge in [0.15, 0.2) is 9.84 Å². The molecule has 3 heteroatoms. The van der Waals surface area contributed by atoms with Crippen LogP contribution in [0.15, 0.2) is 41.8 Å². The molecule has 0 bridgehead atoms. The molecule has 0 aliphatic carbocycles. The number of benzene rings is 1. The fraction of sp³-hybridized carbons (Fsp3) is 0.429. The van der Waals surface area contributed by atoms with Crippen molar-refractivity contribution in [3.63, 3.8) is 0 Å². The summed E-state index contributed by atoms with van der Waals surface area (Å²) in [5.74, 6) is 0.405. The van der Waals surface area contributed by atoms with Crippen LogP contribution in [0.5, 0.6) is 0 Å². The average molecular weight is 252 g/mol. The summed E-state index contributed by atoms with van der Waals surface area (Å²) >= 11 is 0. The molecule has 0 aliphatic heterocycles. The second kappa shape index (κ2) is 5.50. The molecule has 0 amide bonds. The molecular weight excluding hydrogens is 232 g/mol. The van der Waals surface area contributed by atoms with E-state index in [4.69, 9.17) is 0 Å². The van der Waals surface area contributed by atoms with E-state index in [1.807, 2.05) is 18.2 Å². The Morgan fingerprint density at radius 3 is 2.12 bits per heavy atom. The Morgan fingerprint density at radius 1 is 1.18 bits per heavy atom. The number of sulfone groups is 1. The molecule has 1 unspecified atom stereocenters. The van der Waals surface area contributed by atoms with Gasteiger partial charge in [-0.05, 0) is 43.9 Å². The third kappa shape index (κ3) is 3.43. The summed E-state index contributed by atoms with van der Waals surface area (Å²) in [4.78, 5) is 0.405. The van der Waals surface area contributed by atoms with E-state index in [1.165, 1.54) is 0 Å². The van der Waals surface area contributed by atoms with Crippen molar-refractivity contribution < 1.29 is 8.42 Å². The van der Waals surface area contributed by atoms with Gasteiger partial charge in [-0.2, -0.15) is 0 Å². The van der Waals surface area contributed by atoms with Gasteiger partial charge in [0.1, 0.15) is 0 Å². The SMILES string of the molecule is C=CC(C)Cc1ccc(S(=O)(=O)C(C)C)cc1. The molecule has 2 nitrogen and oxygen atoms in total. The zero-order valence-corrected chi connectivity index (χ0v) is 11.5. The van der Waals surface area contributed by atoms with Gasteiger partial charge in [0, 0.05) is 0 Å². The third-order valence-electron chi connectivity index (χ3n) is 2.83. The molecule has 1 atom stereocenters. The molecule has 0 spiro atoms. The molecule has 0 aliphatic rings. The monoisotopic (exact) mass is 252 g/mol. The molecule has 0 radical (unpaired) electrons. The summed E-state index contributed by atoms with van der Waals surface area (Å²) in [7, 11) is -3.15. The maximum Gasteiger partial charge on any atom is 0.180 e. The van der Waals surface area contributed by atoms with Crippen LogP contribution in [0.4, 0.5) is 0 Å². The van der Waals surface area contributed by atoms with Crippen LogP contribution in [0.25, 0.3) is 0 Å². The molecule has 0 heterocycles. The van der Waals surface area contributed by atoms with Crippen molar-refractivity contribution in [2.75, 3.05) is 0 Å². The van der Waals surface area contributed by atoms with Crippen molar-refractivity contribution in [2.45, 2.75) is 37.3 Å². The number of hydrogen-bond donors (Lipinski definition) is 0. The fourth-order valence-corrected chi connectivity index (χ4v) is 2.60. The van der Waals surface area contributed by atoms with Crippen molar-refractivity contribution >= 4 is 9.84 Å². The van der Waals surface area contributed by atoms with Gasteiger partial charge in [-0.25, -0.2) is 8.42 Å². The first-order valence-electron chi connectivity index (χ1n) is 5.83. The Kier molecular flexibility index (Phi) is 4.52. The highest BCUT2D eigenvalue weighted by Crippen LogP contribution is 2.18. The van der Waals surface area contributed by atoms with Gasteiger partial charge in [-0.15, -0.1) is 6.58 Å². The van der Waals surface area contributed by atoms with E-state index < -0.39 is 9.84 Å². The first kappa shape index (κ1) is 14.0. The van der Waals surface area contributed by atoms with Gasteiger partial charge in [-0.1, -0.05) is 25.1 Å². The first-order chi connectivity index (χ1) is 7.87. The van der Waals surface area contributed by atoms with Crippen molar-refractivity contribution in [1.29, 1.82) is 0 Å². The lowest BCUT2D eigenvalue weighted by atomic mass is 10.0. The van der Waals surface area contributed by atoms with Crippen molar-refractivity contribution in [3.05, 3.63) is 42.5 Å². The second-order valence-electron chi connectivity index (χ2n) is 4.65. The van der Waals surface area contributed by atoms with Crippen molar-refractivity contribution in [3.8, 4) is 0 Å². The van der Waals surface area contributed by atoms with E-state index in [0.717, 1.165) is 12.0 Å². The minimum Gasteiger partial charge on any atom is -0.223 e. The Morgan fingerprint density at radius 2 is 1.71 bits per heavy atom. The Bertz CT molecular complexity index is 469. The Balaban J connectivity index is 2.93. The standard InChI is InChI=1S/C14H20O2S/c1-5-12(4)10-13-6-8-14(9-7-13)17(15,16)11(2)3/h5-9,11-12H,1,10H2,2-4H3. The highest BCUT2D eigenvalue weighted by molar-refractivity contribution is 7.92. The van der Waals surface area contributed by atoms with Crippen LogP contribution in [0.2, 0.25) is 0 Å². The summed E-state index contributed by atoms with van der Waals surface area (Å²) in [6.07, 6.45) is 2.80. The quantitative estimate of drug-likeness (QED) is 0.754. The van der Waals surface area contributed by atoms with Crippen LogP contribution in [0.1, 0.15) is 26.3 Å². The molecule has 0 fully saturated rings. The average Bonchev–Trinajstić information content (AvgIpc) is 2.29. The first-order valence-corrected chi connectivity index (χ1v) is 7.38. The lowest BCUT2D eigenvalue weighted by molar-refractivity contribution is 0.587. The predicted molar refractivity (Wildman–Crippen MR) is 71.8 cm³/mol. The summed E-state index contributed by atoms with van der Waals surface area (Å²) < 4.78 is 23.8. The lowest BCUT2D eigenvalue weighted by Gasteiger charge is -2.09. The molecule has 0 aromatic heterocycles. The zero-order valence-electron chi connectivity index (χ0n) is 10.7. The zero-order chi connectivity index (χ0) is 13.1. The van der Waals surface area contributed by atoms with E-state index in [2.05, 4.69) is 13.5 Å². The molecule has 94 valence electrons. The highest BCUT2D eigenvalue weighted by Gasteiger charge is 2.18. The summed E-state index contributed by atoms with van der Waals surface area (Å²) in [5.41, 5.74) is 1.14. The van der Waals surface area contributed by atoms with Crippen LogP contribution >= 0.6 is 0 Å². The third-order valence-corrected chi connectivity index (χ3v) is 5.00.